The number of carbonyl (C=O) groups excluding carboxylic acids is 1. The molecule has 0 saturated heterocycles. The lowest BCUT2D eigenvalue weighted by molar-refractivity contribution is -0.137. The van der Waals surface area contributed by atoms with E-state index in [4.69, 9.17) is 9.63 Å². The first-order chi connectivity index (χ1) is 11.2. The molecule has 0 bridgehead atoms. The van der Waals surface area contributed by atoms with Gasteiger partial charge >= 0.3 is 5.97 Å². The summed E-state index contributed by atoms with van der Waals surface area (Å²) in [6.07, 6.45) is -0.208. The first-order valence-corrected chi connectivity index (χ1v) is 7.74. The SMILES string of the molecule is Cc1ccccc1C(CC(=O)O)NC(=O)c1cc(C(C)(C)C)on1. The molecule has 1 amide bonds. The van der Waals surface area contributed by atoms with Crippen molar-refractivity contribution in [3.8, 4) is 0 Å². The van der Waals surface area contributed by atoms with Gasteiger partial charge in [-0.25, -0.2) is 0 Å². The van der Waals surface area contributed by atoms with Crippen molar-refractivity contribution < 1.29 is 19.2 Å². The Bertz CT molecular complexity index is 743. The lowest BCUT2D eigenvalue weighted by atomic mass is 9.93. The van der Waals surface area contributed by atoms with E-state index < -0.39 is 17.9 Å². The summed E-state index contributed by atoms with van der Waals surface area (Å²) < 4.78 is 5.22. The van der Waals surface area contributed by atoms with Crippen LogP contribution in [-0.2, 0) is 10.2 Å². The fourth-order valence-electron chi connectivity index (χ4n) is 2.36. The van der Waals surface area contributed by atoms with Crippen LogP contribution < -0.4 is 5.32 Å². The molecule has 1 aromatic carbocycles. The van der Waals surface area contributed by atoms with Gasteiger partial charge in [-0.05, 0) is 18.1 Å². The molecule has 1 atom stereocenters. The topological polar surface area (TPSA) is 92.4 Å². The third-order valence-electron chi connectivity index (χ3n) is 3.73. The summed E-state index contributed by atoms with van der Waals surface area (Å²) in [5.41, 5.74) is 1.57. The molecule has 0 saturated carbocycles. The third-order valence-corrected chi connectivity index (χ3v) is 3.73. The average Bonchev–Trinajstić information content (AvgIpc) is 2.96. The number of benzene rings is 1. The molecule has 2 aromatic rings. The molecule has 0 spiro atoms. The maximum atomic E-state index is 12.4. The maximum Gasteiger partial charge on any atom is 0.305 e. The van der Waals surface area contributed by atoms with Crippen molar-refractivity contribution in [2.75, 3.05) is 0 Å². The second kappa shape index (κ2) is 6.86. The number of aliphatic carboxylic acids is 1. The van der Waals surface area contributed by atoms with E-state index in [1.54, 1.807) is 6.07 Å². The summed E-state index contributed by atoms with van der Waals surface area (Å²) in [5.74, 6) is -0.846. The van der Waals surface area contributed by atoms with Crippen LogP contribution in [0.25, 0.3) is 0 Å². The van der Waals surface area contributed by atoms with Crippen molar-refractivity contribution in [2.24, 2.45) is 0 Å². The molecule has 24 heavy (non-hydrogen) atoms. The number of aryl methyl sites for hydroxylation is 1. The van der Waals surface area contributed by atoms with Gasteiger partial charge in [-0.2, -0.15) is 0 Å². The minimum Gasteiger partial charge on any atom is -0.481 e. The molecule has 1 unspecified atom stereocenters. The fraction of sp³-hybridized carbons (Fsp3) is 0.389. The van der Waals surface area contributed by atoms with Crippen LogP contribution in [0.15, 0.2) is 34.9 Å². The van der Waals surface area contributed by atoms with Gasteiger partial charge in [0, 0.05) is 11.5 Å². The smallest absolute Gasteiger partial charge is 0.305 e. The summed E-state index contributed by atoms with van der Waals surface area (Å²) in [6, 6.07) is 8.33. The molecule has 0 aliphatic rings. The van der Waals surface area contributed by atoms with E-state index in [0.29, 0.717) is 5.76 Å². The lowest BCUT2D eigenvalue weighted by Gasteiger charge is -2.18. The number of amides is 1. The minimum atomic E-state index is -0.987. The van der Waals surface area contributed by atoms with E-state index in [1.807, 2.05) is 52.0 Å². The standard InChI is InChI=1S/C18H22N2O4/c1-11-7-5-6-8-12(11)13(10-16(21)22)19-17(23)14-9-15(24-20-14)18(2,3)4/h5-9,13H,10H2,1-4H3,(H,19,23)(H,21,22). The number of carboxylic acid groups (broad SMARTS) is 1. The summed E-state index contributed by atoms with van der Waals surface area (Å²) in [5, 5.41) is 15.7. The van der Waals surface area contributed by atoms with E-state index in [-0.39, 0.29) is 17.5 Å². The van der Waals surface area contributed by atoms with Crippen molar-refractivity contribution >= 4 is 11.9 Å². The van der Waals surface area contributed by atoms with Crippen LogP contribution in [0, 0.1) is 6.92 Å². The zero-order chi connectivity index (χ0) is 17.9. The molecular formula is C18H22N2O4. The van der Waals surface area contributed by atoms with Crippen molar-refractivity contribution in [3.05, 3.63) is 52.9 Å². The predicted octanol–water partition coefficient (Wildman–Crippen LogP) is 3.23. The monoisotopic (exact) mass is 330 g/mol. The molecule has 128 valence electrons. The Hall–Kier alpha value is -2.63. The third kappa shape index (κ3) is 4.22. The van der Waals surface area contributed by atoms with Crippen molar-refractivity contribution in [1.82, 2.24) is 10.5 Å². The van der Waals surface area contributed by atoms with Gasteiger partial charge in [0.2, 0.25) is 0 Å². The van der Waals surface area contributed by atoms with Crippen molar-refractivity contribution in [1.29, 1.82) is 0 Å². The highest BCUT2D eigenvalue weighted by Crippen LogP contribution is 2.24. The van der Waals surface area contributed by atoms with Gasteiger partial charge in [-0.15, -0.1) is 0 Å². The van der Waals surface area contributed by atoms with Gasteiger partial charge in [0.15, 0.2) is 5.69 Å². The van der Waals surface area contributed by atoms with Crippen molar-refractivity contribution in [2.45, 2.75) is 45.6 Å². The van der Waals surface area contributed by atoms with Gasteiger partial charge in [0.05, 0.1) is 12.5 Å². The molecule has 1 aromatic heterocycles. The molecule has 2 rings (SSSR count). The molecule has 0 radical (unpaired) electrons. The number of aromatic nitrogens is 1. The molecule has 0 aliphatic heterocycles. The summed E-state index contributed by atoms with van der Waals surface area (Å²) >= 11 is 0. The van der Waals surface area contributed by atoms with Gasteiger partial charge in [0.25, 0.3) is 5.91 Å². The fourth-order valence-corrected chi connectivity index (χ4v) is 2.36. The molecule has 2 N–H and O–H groups in total. The van der Waals surface area contributed by atoms with E-state index in [9.17, 15) is 9.59 Å². The van der Waals surface area contributed by atoms with E-state index in [0.717, 1.165) is 11.1 Å². The van der Waals surface area contributed by atoms with E-state index in [1.165, 1.54) is 0 Å². The van der Waals surface area contributed by atoms with Crippen LogP contribution in [0.4, 0.5) is 0 Å². The molecule has 0 aliphatic carbocycles. The number of carboxylic acids is 1. The van der Waals surface area contributed by atoms with Gasteiger partial charge in [-0.3, -0.25) is 9.59 Å². The van der Waals surface area contributed by atoms with Gasteiger partial charge in [-0.1, -0.05) is 50.2 Å². The molecular weight excluding hydrogens is 308 g/mol. The first-order valence-electron chi connectivity index (χ1n) is 7.74. The second-order valence-corrected chi connectivity index (χ2v) is 6.81. The Morgan fingerprint density at radius 2 is 1.96 bits per heavy atom. The van der Waals surface area contributed by atoms with Crippen LogP contribution in [0.5, 0.6) is 0 Å². The van der Waals surface area contributed by atoms with E-state index >= 15 is 0 Å². The number of nitrogens with zero attached hydrogens (tertiary/aromatic N) is 1. The molecule has 1 heterocycles. The number of hydrogen-bond acceptors (Lipinski definition) is 4. The van der Waals surface area contributed by atoms with Gasteiger partial charge in [0.1, 0.15) is 5.76 Å². The average molecular weight is 330 g/mol. The predicted molar refractivity (Wildman–Crippen MR) is 88.8 cm³/mol. The Balaban J connectivity index is 2.23. The minimum absolute atomic E-state index is 0.142. The number of nitrogens with one attached hydrogen (secondary N) is 1. The zero-order valence-corrected chi connectivity index (χ0v) is 14.3. The maximum absolute atomic E-state index is 12.4. The largest absolute Gasteiger partial charge is 0.481 e. The van der Waals surface area contributed by atoms with Gasteiger partial charge < -0.3 is 14.9 Å². The van der Waals surface area contributed by atoms with Crippen LogP contribution in [0.2, 0.25) is 0 Å². The highest BCUT2D eigenvalue weighted by Gasteiger charge is 2.25. The molecule has 0 fully saturated rings. The normalized spacial score (nSPS) is 12.7. The Kier molecular flexibility index (Phi) is 5.07. The summed E-state index contributed by atoms with van der Waals surface area (Å²) in [6.45, 7) is 7.74. The summed E-state index contributed by atoms with van der Waals surface area (Å²) in [4.78, 5) is 23.6. The Labute approximate surface area is 140 Å². The highest BCUT2D eigenvalue weighted by molar-refractivity contribution is 5.92. The Morgan fingerprint density at radius 3 is 2.50 bits per heavy atom. The second-order valence-electron chi connectivity index (χ2n) is 6.81. The van der Waals surface area contributed by atoms with Crippen LogP contribution in [0.3, 0.4) is 0 Å². The summed E-state index contributed by atoms with van der Waals surface area (Å²) in [7, 11) is 0. The van der Waals surface area contributed by atoms with Crippen LogP contribution in [0.1, 0.15) is 60.6 Å². The van der Waals surface area contributed by atoms with Crippen LogP contribution in [-0.4, -0.2) is 22.1 Å². The number of carbonyl (C=O) groups is 2. The molecule has 6 nitrogen and oxygen atoms in total. The van der Waals surface area contributed by atoms with Crippen LogP contribution >= 0.6 is 0 Å². The lowest BCUT2D eigenvalue weighted by Crippen LogP contribution is -2.30. The highest BCUT2D eigenvalue weighted by atomic mass is 16.5. The van der Waals surface area contributed by atoms with E-state index in [2.05, 4.69) is 10.5 Å². The number of rotatable bonds is 5. The number of hydrogen-bond donors (Lipinski definition) is 2. The molecule has 6 heteroatoms. The first kappa shape index (κ1) is 17.7. The Morgan fingerprint density at radius 1 is 1.29 bits per heavy atom. The quantitative estimate of drug-likeness (QED) is 0.878. The zero-order valence-electron chi connectivity index (χ0n) is 14.3. The van der Waals surface area contributed by atoms with Crippen molar-refractivity contribution in [3.63, 3.8) is 0 Å².